The van der Waals surface area contributed by atoms with Gasteiger partial charge in [0.25, 0.3) is 0 Å². The molecule has 3 rings (SSSR count). The molecule has 2 aromatic carbocycles. The molecule has 118 valence electrons. The third-order valence-corrected chi connectivity index (χ3v) is 4.90. The fourth-order valence-electron chi connectivity index (χ4n) is 2.50. The molecule has 0 bridgehead atoms. The summed E-state index contributed by atoms with van der Waals surface area (Å²) >= 11 is 1.32. The van der Waals surface area contributed by atoms with Crippen molar-refractivity contribution < 1.29 is 14.3 Å². The summed E-state index contributed by atoms with van der Waals surface area (Å²) in [6.07, 6.45) is 0.149. The molecule has 0 aromatic heterocycles. The van der Waals surface area contributed by atoms with Gasteiger partial charge in [0.15, 0.2) is 0 Å². The van der Waals surface area contributed by atoms with E-state index in [0.29, 0.717) is 17.1 Å². The van der Waals surface area contributed by atoms with Crippen LogP contribution < -0.4 is 15.4 Å². The summed E-state index contributed by atoms with van der Waals surface area (Å²) in [6, 6.07) is 14.3. The molecule has 2 aromatic rings. The molecule has 2 amide bonds. The zero-order chi connectivity index (χ0) is 16.4. The van der Waals surface area contributed by atoms with Crippen molar-refractivity contribution in [3.05, 3.63) is 48.5 Å². The Bertz CT molecular complexity index is 763. The van der Waals surface area contributed by atoms with Crippen LogP contribution >= 0.6 is 11.8 Å². The second kappa shape index (κ2) is 6.34. The number of nitrogens with two attached hydrogens (primary N) is 1. The summed E-state index contributed by atoms with van der Waals surface area (Å²) in [7, 11) is 1.51. The van der Waals surface area contributed by atoms with Crippen LogP contribution in [0.2, 0.25) is 0 Å². The van der Waals surface area contributed by atoms with Crippen molar-refractivity contribution in [2.75, 3.05) is 17.7 Å². The van der Waals surface area contributed by atoms with Gasteiger partial charge in [-0.05, 0) is 24.3 Å². The highest BCUT2D eigenvalue weighted by Gasteiger charge is 2.41. The summed E-state index contributed by atoms with van der Waals surface area (Å²) < 4.78 is 5.25. The minimum absolute atomic E-state index is 0.149. The first-order valence-electron chi connectivity index (χ1n) is 7.13. The Morgan fingerprint density at radius 1 is 1.13 bits per heavy atom. The molecule has 0 spiro atoms. The Morgan fingerprint density at radius 2 is 1.83 bits per heavy atom. The lowest BCUT2D eigenvalue weighted by Crippen LogP contribution is -2.31. The van der Waals surface area contributed by atoms with Crippen molar-refractivity contribution in [3.63, 3.8) is 0 Å². The Kier molecular flexibility index (Phi) is 4.25. The molecule has 6 heteroatoms. The number of para-hydroxylation sites is 3. The van der Waals surface area contributed by atoms with E-state index in [1.54, 1.807) is 30.3 Å². The van der Waals surface area contributed by atoms with Gasteiger partial charge in [0.1, 0.15) is 5.75 Å². The molecule has 1 aliphatic heterocycles. The number of nitrogen functional groups attached to an aromatic ring is 1. The van der Waals surface area contributed by atoms with E-state index in [-0.39, 0.29) is 18.2 Å². The molecular formula is C17H16N2O3S. The maximum Gasteiger partial charge on any atom is 0.247 e. The number of carbonyl (C=O) groups excluding carboxylic acids is 2. The molecule has 0 saturated carbocycles. The standard InChI is InChI=1S/C17H16N2O3S/c1-22-13-8-4-3-7-12(13)19-16(20)10-15(17(19)21)23-14-9-5-2-6-11(14)18/h2-9,15H,10,18H2,1H3/t15-/m1/s1. The van der Waals surface area contributed by atoms with Crippen molar-refractivity contribution in [2.24, 2.45) is 0 Å². The summed E-state index contributed by atoms with van der Waals surface area (Å²) in [5, 5.41) is -0.475. The predicted octanol–water partition coefficient (Wildman–Crippen LogP) is 2.70. The minimum atomic E-state index is -0.475. The van der Waals surface area contributed by atoms with Crippen LogP contribution in [-0.4, -0.2) is 24.2 Å². The topological polar surface area (TPSA) is 72.6 Å². The van der Waals surface area contributed by atoms with Gasteiger partial charge in [-0.3, -0.25) is 9.59 Å². The Morgan fingerprint density at radius 3 is 2.57 bits per heavy atom. The van der Waals surface area contributed by atoms with Crippen LogP contribution in [0.25, 0.3) is 0 Å². The second-order valence-electron chi connectivity index (χ2n) is 5.09. The molecule has 1 heterocycles. The zero-order valence-corrected chi connectivity index (χ0v) is 13.4. The first-order valence-corrected chi connectivity index (χ1v) is 8.00. The van der Waals surface area contributed by atoms with E-state index in [9.17, 15) is 9.59 Å². The van der Waals surface area contributed by atoms with Gasteiger partial charge in [-0.1, -0.05) is 24.3 Å². The summed E-state index contributed by atoms with van der Waals surface area (Å²) in [5.74, 6) is 0.0262. The van der Waals surface area contributed by atoms with Crippen LogP contribution in [0, 0.1) is 0 Å². The summed E-state index contributed by atoms with van der Waals surface area (Å²) in [5.41, 5.74) is 7.01. The van der Waals surface area contributed by atoms with Crippen LogP contribution in [0.4, 0.5) is 11.4 Å². The molecule has 0 radical (unpaired) electrons. The van der Waals surface area contributed by atoms with Crippen LogP contribution in [0.5, 0.6) is 5.75 Å². The molecule has 0 unspecified atom stereocenters. The van der Waals surface area contributed by atoms with Gasteiger partial charge in [0.2, 0.25) is 11.8 Å². The molecule has 1 aliphatic rings. The van der Waals surface area contributed by atoms with Crippen molar-refractivity contribution >= 4 is 35.0 Å². The van der Waals surface area contributed by atoms with Crippen molar-refractivity contribution in [1.29, 1.82) is 0 Å². The third kappa shape index (κ3) is 2.90. The number of amides is 2. The lowest BCUT2D eigenvalue weighted by Gasteiger charge is -2.17. The van der Waals surface area contributed by atoms with Crippen LogP contribution in [0.3, 0.4) is 0 Å². The number of carbonyl (C=O) groups is 2. The molecule has 1 fully saturated rings. The molecule has 2 N–H and O–H groups in total. The van der Waals surface area contributed by atoms with Gasteiger partial charge in [0, 0.05) is 17.0 Å². The maximum absolute atomic E-state index is 12.7. The van der Waals surface area contributed by atoms with E-state index in [2.05, 4.69) is 0 Å². The third-order valence-electron chi connectivity index (χ3n) is 3.62. The largest absolute Gasteiger partial charge is 0.495 e. The predicted molar refractivity (Wildman–Crippen MR) is 90.6 cm³/mol. The van der Waals surface area contributed by atoms with Gasteiger partial charge in [-0.15, -0.1) is 11.8 Å². The number of rotatable bonds is 4. The zero-order valence-electron chi connectivity index (χ0n) is 12.6. The lowest BCUT2D eigenvalue weighted by atomic mass is 10.2. The molecular weight excluding hydrogens is 312 g/mol. The van der Waals surface area contributed by atoms with Crippen LogP contribution in [-0.2, 0) is 9.59 Å². The average Bonchev–Trinajstić information content (AvgIpc) is 2.83. The molecule has 1 atom stereocenters. The summed E-state index contributed by atoms with van der Waals surface area (Å²) in [4.78, 5) is 27.0. The quantitative estimate of drug-likeness (QED) is 0.690. The highest BCUT2D eigenvalue weighted by molar-refractivity contribution is 8.00. The van der Waals surface area contributed by atoms with Gasteiger partial charge in [-0.2, -0.15) is 0 Å². The van der Waals surface area contributed by atoms with Crippen molar-refractivity contribution in [1.82, 2.24) is 0 Å². The summed E-state index contributed by atoms with van der Waals surface area (Å²) in [6.45, 7) is 0. The normalized spacial score (nSPS) is 17.6. The van der Waals surface area contributed by atoms with Gasteiger partial charge in [-0.25, -0.2) is 4.90 Å². The number of nitrogens with zero attached hydrogens (tertiary/aromatic N) is 1. The second-order valence-corrected chi connectivity index (χ2v) is 6.33. The van der Waals surface area contributed by atoms with Crippen LogP contribution in [0.15, 0.2) is 53.4 Å². The van der Waals surface area contributed by atoms with Crippen molar-refractivity contribution in [2.45, 2.75) is 16.6 Å². The first-order chi connectivity index (χ1) is 11.1. The van der Waals surface area contributed by atoms with Crippen molar-refractivity contribution in [3.8, 4) is 5.75 Å². The molecule has 23 heavy (non-hydrogen) atoms. The highest BCUT2D eigenvalue weighted by atomic mass is 32.2. The van der Waals surface area contributed by atoms with Gasteiger partial charge >= 0.3 is 0 Å². The number of benzene rings is 2. The van der Waals surface area contributed by atoms with E-state index < -0.39 is 5.25 Å². The monoisotopic (exact) mass is 328 g/mol. The number of hydrogen-bond donors (Lipinski definition) is 1. The Labute approximate surface area is 138 Å². The van der Waals surface area contributed by atoms with Gasteiger partial charge in [0.05, 0.1) is 18.0 Å². The van der Waals surface area contributed by atoms with E-state index in [1.165, 1.54) is 23.8 Å². The Balaban J connectivity index is 1.87. The smallest absolute Gasteiger partial charge is 0.247 e. The lowest BCUT2D eigenvalue weighted by molar-refractivity contribution is -0.121. The minimum Gasteiger partial charge on any atom is -0.495 e. The fourth-order valence-corrected chi connectivity index (χ4v) is 3.60. The first kappa shape index (κ1) is 15.4. The molecule has 1 saturated heterocycles. The maximum atomic E-state index is 12.7. The van der Waals surface area contributed by atoms with Crippen LogP contribution in [0.1, 0.15) is 6.42 Å². The number of hydrogen-bond acceptors (Lipinski definition) is 5. The van der Waals surface area contributed by atoms with Gasteiger partial charge < -0.3 is 10.5 Å². The van der Waals surface area contributed by atoms with E-state index in [1.807, 2.05) is 18.2 Å². The number of anilines is 2. The van der Waals surface area contributed by atoms with E-state index in [4.69, 9.17) is 10.5 Å². The number of methoxy groups -OCH3 is 1. The average molecular weight is 328 g/mol. The van der Waals surface area contributed by atoms with E-state index >= 15 is 0 Å². The number of thioether (sulfide) groups is 1. The Hall–Kier alpha value is -2.47. The SMILES string of the molecule is COc1ccccc1N1C(=O)C[C@@H](Sc2ccccc2N)C1=O. The number of imide groups is 1. The number of ether oxygens (including phenoxy) is 1. The fraction of sp³-hybridized carbons (Fsp3) is 0.176. The highest BCUT2D eigenvalue weighted by Crippen LogP contribution is 2.38. The molecule has 0 aliphatic carbocycles. The van der Waals surface area contributed by atoms with E-state index in [0.717, 1.165) is 4.90 Å². The molecule has 5 nitrogen and oxygen atoms in total.